The molecule has 1 aromatic carbocycles. The van der Waals surface area contributed by atoms with Gasteiger partial charge in [0, 0.05) is 17.5 Å². The van der Waals surface area contributed by atoms with Crippen LogP contribution in [0.25, 0.3) is 11.0 Å². The zero-order chi connectivity index (χ0) is 19.4. The number of furan rings is 2. The van der Waals surface area contributed by atoms with Gasteiger partial charge in [0.05, 0.1) is 6.54 Å². The normalized spacial score (nSPS) is 14.3. The average molecular weight is 369 g/mol. The van der Waals surface area contributed by atoms with Crippen molar-refractivity contribution in [3.8, 4) is 0 Å². The molecule has 0 aliphatic rings. The molecule has 0 aliphatic heterocycles. The topological polar surface area (TPSA) is 82.9 Å². The van der Waals surface area contributed by atoms with E-state index < -0.39 is 5.60 Å². The predicted octanol–water partition coefficient (Wildman–Crippen LogP) is 3.61. The average Bonchev–Trinajstić information content (AvgIpc) is 3.19. The Morgan fingerprint density at radius 1 is 1.15 bits per heavy atom. The van der Waals surface area contributed by atoms with Crippen LogP contribution in [0.1, 0.15) is 36.7 Å². The molecule has 0 radical (unpaired) electrons. The fraction of sp³-hybridized carbons (Fsp3) is 0.381. The SMILES string of the molecule is CCNC(=NCc1cc2ccccc2o1)NCC(C)(O)c1cc(C)oc1C. The molecule has 0 aliphatic carbocycles. The highest BCUT2D eigenvalue weighted by molar-refractivity contribution is 5.80. The fourth-order valence-corrected chi connectivity index (χ4v) is 3.13. The van der Waals surface area contributed by atoms with Crippen LogP contribution in [0.2, 0.25) is 0 Å². The van der Waals surface area contributed by atoms with E-state index in [-0.39, 0.29) is 0 Å². The van der Waals surface area contributed by atoms with E-state index in [2.05, 4.69) is 15.6 Å². The zero-order valence-electron chi connectivity index (χ0n) is 16.3. The first kappa shape index (κ1) is 19.0. The lowest BCUT2D eigenvalue weighted by Gasteiger charge is -2.24. The van der Waals surface area contributed by atoms with Crippen molar-refractivity contribution in [3.63, 3.8) is 0 Å². The van der Waals surface area contributed by atoms with E-state index in [1.807, 2.05) is 57.2 Å². The van der Waals surface area contributed by atoms with Crippen molar-refractivity contribution in [2.75, 3.05) is 13.1 Å². The van der Waals surface area contributed by atoms with Gasteiger partial charge in [-0.2, -0.15) is 0 Å². The fourth-order valence-electron chi connectivity index (χ4n) is 3.13. The van der Waals surface area contributed by atoms with Gasteiger partial charge in [0.25, 0.3) is 0 Å². The summed E-state index contributed by atoms with van der Waals surface area (Å²) in [5.74, 6) is 2.93. The summed E-state index contributed by atoms with van der Waals surface area (Å²) >= 11 is 0. The van der Waals surface area contributed by atoms with Gasteiger partial charge in [-0.3, -0.25) is 0 Å². The molecule has 144 valence electrons. The summed E-state index contributed by atoms with van der Waals surface area (Å²) in [6, 6.07) is 11.8. The van der Waals surface area contributed by atoms with Crippen LogP contribution in [0.15, 0.2) is 50.2 Å². The van der Waals surface area contributed by atoms with Crippen molar-refractivity contribution in [3.05, 3.63) is 59.2 Å². The number of hydrogen-bond acceptors (Lipinski definition) is 4. The lowest BCUT2D eigenvalue weighted by atomic mass is 9.96. The lowest BCUT2D eigenvalue weighted by molar-refractivity contribution is 0.0601. The zero-order valence-corrected chi connectivity index (χ0v) is 16.3. The Hall–Kier alpha value is -2.73. The minimum absolute atomic E-state index is 0.304. The van der Waals surface area contributed by atoms with E-state index in [9.17, 15) is 5.11 Å². The van der Waals surface area contributed by atoms with Crippen LogP contribution in [0.5, 0.6) is 0 Å². The lowest BCUT2D eigenvalue weighted by Crippen LogP contribution is -2.44. The van der Waals surface area contributed by atoms with Crippen LogP contribution in [0, 0.1) is 13.8 Å². The van der Waals surface area contributed by atoms with Gasteiger partial charge < -0.3 is 24.6 Å². The van der Waals surface area contributed by atoms with E-state index in [1.165, 1.54) is 0 Å². The third-order valence-electron chi connectivity index (χ3n) is 4.44. The van der Waals surface area contributed by atoms with E-state index in [0.717, 1.165) is 40.4 Å². The highest BCUT2D eigenvalue weighted by Gasteiger charge is 2.27. The predicted molar refractivity (Wildman–Crippen MR) is 107 cm³/mol. The number of nitrogens with one attached hydrogen (secondary N) is 2. The monoisotopic (exact) mass is 369 g/mol. The number of aliphatic hydroxyl groups is 1. The molecule has 1 unspecified atom stereocenters. The molecule has 0 saturated carbocycles. The van der Waals surface area contributed by atoms with Crippen molar-refractivity contribution in [2.45, 2.75) is 39.8 Å². The second kappa shape index (κ2) is 7.88. The Kier molecular flexibility index (Phi) is 5.56. The number of rotatable bonds is 6. The molecule has 0 fully saturated rings. The quantitative estimate of drug-likeness (QED) is 0.457. The summed E-state index contributed by atoms with van der Waals surface area (Å²) in [6.07, 6.45) is 0. The summed E-state index contributed by atoms with van der Waals surface area (Å²) in [5, 5.41) is 18.3. The summed E-state index contributed by atoms with van der Waals surface area (Å²) in [7, 11) is 0. The van der Waals surface area contributed by atoms with Gasteiger partial charge >= 0.3 is 0 Å². The van der Waals surface area contributed by atoms with Crippen LogP contribution in [-0.2, 0) is 12.1 Å². The number of aryl methyl sites for hydroxylation is 2. The second-order valence-corrected chi connectivity index (χ2v) is 6.90. The summed E-state index contributed by atoms with van der Waals surface area (Å²) in [6.45, 7) is 8.93. The van der Waals surface area contributed by atoms with Crippen molar-refractivity contribution < 1.29 is 13.9 Å². The maximum Gasteiger partial charge on any atom is 0.191 e. The summed E-state index contributed by atoms with van der Waals surface area (Å²) in [5.41, 5.74) is 0.562. The van der Waals surface area contributed by atoms with Crippen LogP contribution < -0.4 is 10.6 Å². The molecule has 6 heteroatoms. The van der Waals surface area contributed by atoms with Gasteiger partial charge in [-0.25, -0.2) is 4.99 Å². The summed E-state index contributed by atoms with van der Waals surface area (Å²) < 4.78 is 11.3. The molecular formula is C21H27N3O3. The van der Waals surface area contributed by atoms with Gasteiger partial charge in [0.2, 0.25) is 0 Å². The van der Waals surface area contributed by atoms with Gasteiger partial charge in [0.15, 0.2) is 5.96 Å². The Bertz CT molecular complexity index is 904. The Morgan fingerprint density at radius 3 is 2.59 bits per heavy atom. The Morgan fingerprint density at radius 2 is 1.93 bits per heavy atom. The number of aliphatic imine (C=N–C) groups is 1. The first-order valence-corrected chi connectivity index (χ1v) is 9.18. The third kappa shape index (κ3) is 4.52. The molecule has 0 saturated heterocycles. The minimum atomic E-state index is -1.07. The number of fused-ring (bicyclic) bond motifs is 1. The molecule has 3 rings (SSSR count). The van der Waals surface area contributed by atoms with E-state index >= 15 is 0 Å². The van der Waals surface area contributed by atoms with Gasteiger partial charge in [-0.1, -0.05) is 18.2 Å². The highest BCUT2D eigenvalue weighted by Crippen LogP contribution is 2.26. The molecular weight excluding hydrogens is 342 g/mol. The van der Waals surface area contributed by atoms with Crippen molar-refractivity contribution in [2.24, 2.45) is 4.99 Å². The number of para-hydroxylation sites is 1. The van der Waals surface area contributed by atoms with Crippen LogP contribution in [-0.4, -0.2) is 24.2 Å². The standard InChI is InChI=1S/C21H27N3O3/c1-5-22-20(23-12-17-11-16-8-6-7-9-19(16)27-17)24-13-21(4,25)18-10-14(2)26-15(18)3/h6-11,25H,5,12-13H2,1-4H3,(H2,22,23,24). The van der Waals surface area contributed by atoms with E-state index in [4.69, 9.17) is 8.83 Å². The highest BCUT2D eigenvalue weighted by atomic mass is 16.3. The smallest absolute Gasteiger partial charge is 0.191 e. The molecule has 0 bridgehead atoms. The Balaban J connectivity index is 1.69. The maximum atomic E-state index is 10.9. The van der Waals surface area contributed by atoms with Gasteiger partial charge in [0.1, 0.15) is 35.0 Å². The number of guanidine groups is 1. The molecule has 0 amide bonds. The summed E-state index contributed by atoms with van der Waals surface area (Å²) in [4.78, 5) is 4.57. The first-order chi connectivity index (χ1) is 12.9. The van der Waals surface area contributed by atoms with Crippen LogP contribution >= 0.6 is 0 Å². The Labute approximate surface area is 159 Å². The van der Waals surface area contributed by atoms with Crippen molar-refractivity contribution >= 4 is 16.9 Å². The van der Waals surface area contributed by atoms with Gasteiger partial charge in [-0.05, 0) is 45.9 Å². The minimum Gasteiger partial charge on any atom is -0.466 e. The molecule has 2 heterocycles. The molecule has 3 N–H and O–H groups in total. The number of nitrogens with zero attached hydrogens (tertiary/aromatic N) is 1. The van der Waals surface area contributed by atoms with Crippen LogP contribution in [0.3, 0.4) is 0 Å². The van der Waals surface area contributed by atoms with Gasteiger partial charge in [-0.15, -0.1) is 0 Å². The van der Waals surface area contributed by atoms with Crippen molar-refractivity contribution in [1.29, 1.82) is 0 Å². The first-order valence-electron chi connectivity index (χ1n) is 9.18. The van der Waals surface area contributed by atoms with E-state index in [1.54, 1.807) is 6.92 Å². The largest absolute Gasteiger partial charge is 0.466 e. The molecule has 0 spiro atoms. The van der Waals surface area contributed by atoms with E-state index in [0.29, 0.717) is 19.0 Å². The number of benzene rings is 1. The second-order valence-electron chi connectivity index (χ2n) is 6.90. The molecule has 1 atom stereocenters. The third-order valence-corrected chi connectivity index (χ3v) is 4.44. The molecule has 6 nitrogen and oxygen atoms in total. The maximum absolute atomic E-state index is 10.9. The molecule has 3 aromatic rings. The molecule has 2 aromatic heterocycles. The molecule has 27 heavy (non-hydrogen) atoms. The number of hydrogen-bond donors (Lipinski definition) is 3. The van der Waals surface area contributed by atoms with Crippen LogP contribution in [0.4, 0.5) is 0 Å². The van der Waals surface area contributed by atoms with Crippen molar-refractivity contribution in [1.82, 2.24) is 10.6 Å².